The minimum absolute atomic E-state index is 0.0628. The number of carboxylic acids is 1. The van der Waals surface area contributed by atoms with E-state index in [-0.39, 0.29) is 17.1 Å². The van der Waals surface area contributed by atoms with Crippen molar-refractivity contribution in [3.63, 3.8) is 0 Å². The molecule has 0 aliphatic rings. The second-order valence-electron chi connectivity index (χ2n) is 4.36. The molecule has 0 aliphatic carbocycles. The van der Waals surface area contributed by atoms with E-state index in [2.05, 4.69) is 20.7 Å². The van der Waals surface area contributed by atoms with Crippen molar-refractivity contribution in [3.8, 4) is 0 Å². The zero-order valence-electron chi connectivity index (χ0n) is 11.3. The first-order valence-corrected chi connectivity index (χ1v) is 8.01. The van der Waals surface area contributed by atoms with E-state index in [9.17, 15) is 13.2 Å². The Balaban J connectivity index is 3.27. The number of hydrogen-bond donors (Lipinski definition) is 2. The van der Waals surface area contributed by atoms with Crippen LogP contribution in [0.2, 0.25) is 0 Å². The molecule has 0 spiro atoms. The Hall–Kier alpha value is -0.960. The van der Waals surface area contributed by atoms with Crippen LogP contribution in [-0.2, 0) is 14.8 Å². The number of methoxy groups -OCH3 is 1. The number of hydrogen-bond acceptors (Lipinski definition) is 4. The first-order valence-electron chi connectivity index (χ1n) is 5.73. The number of sulfonamides is 1. The maximum atomic E-state index is 12.3. The normalized spacial score (nSPS) is 13.2. The molecule has 0 saturated heterocycles. The summed E-state index contributed by atoms with van der Waals surface area (Å²) in [5.74, 6) is -1.19. The van der Waals surface area contributed by atoms with Crippen molar-refractivity contribution in [2.45, 2.75) is 24.8 Å². The van der Waals surface area contributed by atoms with Gasteiger partial charge in [-0.05, 0) is 31.5 Å². The predicted molar refractivity (Wildman–Crippen MR) is 77.5 cm³/mol. The molecule has 0 heterocycles. The van der Waals surface area contributed by atoms with Crippen LogP contribution in [0, 0.1) is 6.92 Å². The third kappa shape index (κ3) is 4.02. The van der Waals surface area contributed by atoms with E-state index >= 15 is 0 Å². The molecule has 6 nitrogen and oxygen atoms in total. The van der Waals surface area contributed by atoms with Crippen LogP contribution in [0.25, 0.3) is 0 Å². The van der Waals surface area contributed by atoms with Crippen molar-refractivity contribution in [1.29, 1.82) is 0 Å². The molecule has 0 bridgehead atoms. The third-order valence-corrected chi connectivity index (χ3v) is 5.15. The maximum Gasteiger partial charge on any atom is 0.335 e. The van der Waals surface area contributed by atoms with Crippen LogP contribution in [0.5, 0.6) is 0 Å². The molecule has 2 N–H and O–H groups in total. The molecule has 1 aromatic carbocycles. The lowest BCUT2D eigenvalue weighted by molar-refractivity contribution is 0.0696. The number of nitrogens with one attached hydrogen (secondary N) is 1. The van der Waals surface area contributed by atoms with Crippen molar-refractivity contribution in [3.05, 3.63) is 27.7 Å². The van der Waals surface area contributed by atoms with E-state index in [0.717, 1.165) is 6.07 Å². The van der Waals surface area contributed by atoms with Crippen molar-refractivity contribution in [1.82, 2.24) is 4.72 Å². The molecule has 20 heavy (non-hydrogen) atoms. The van der Waals surface area contributed by atoms with E-state index in [0.29, 0.717) is 10.0 Å². The van der Waals surface area contributed by atoms with Crippen molar-refractivity contribution >= 4 is 31.9 Å². The number of ether oxygens (including phenoxy) is 1. The summed E-state index contributed by atoms with van der Waals surface area (Å²) in [6.07, 6.45) is 0. The maximum absolute atomic E-state index is 12.3. The number of carboxylic acid groups (broad SMARTS) is 1. The monoisotopic (exact) mass is 365 g/mol. The van der Waals surface area contributed by atoms with Crippen LogP contribution >= 0.6 is 15.9 Å². The Morgan fingerprint density at radius 3 is 2.60 bits per heavy atom. The van der Waals surface area contributed by atoms with Gasteiger partial charge in [0.05, 0.1) is 17.1 Å². The van der Waals surface area contributed by atoms with Gasteiger partial charge in [0.2, 0.25) is 10.0 Å². The molecule has 0 fully saturated rings. The highest BCUT2D eigenvalue weighted by atomic mass is 79.9. The standard InChI is InChI=1S/C12H16BrNO5S/c1-7(6-19-3)14-20(17,18)11-5-9(12(15)16)4-10(13)8(11)2/h4-5,7,14H,6H2,1-3H3,(H,15,16). The molecule has 0 radical (unpaired) electrons. The van der Waals surface area contributed by atoms with Gasteiger partial charge < -0.3 is 9.84 Å². The minimum Gasteiger partial charge on any atom is -0.478 e. The SMILES string of the molecule is COCC(C)NS(=O)(=O)c1cc(C(=O)O)cc(Br)c1C. The van der Waals surface area contributed by atoms with Crippen molar-refractivity contribution in [2.75, 3.05) is 13.7 Å². The molecule has 1 aromatic rings. The highest BCUT2D eigenvalue weighted by molar-refractivity contribution is 9.10. The van der Waals surface area contributed by atoms with Gasteiger partial charge in [-0.1, -0.05) is 15.9 Å². The van der Waals surface area contributed by atoms with Crippen LogP contribution in [0.1, 0.15) is 22.8 Å². The number of aromatic carboxylic acids is 1. The molecule has 0 aromatic heterocycles. The van der Waals surface area contributed by atoms with Gasteiger partial charge in [-0.2, -0.15) is 0 Å². The number of halogens is 1. The first kappa shape index (κ1) is 17.1. The van der Waals surface area contributed by atoms with E-state index in [4.69, 9.17) is 9.84 Å². The molecular weight excluding hydrogens is 350 g/mol. The van der Waals surface area contributed by atoms with Gasteiger partial charge in [-0.25, -0.2) is 17.9 Å². The zero-order chi connectivity index (χ0) is 15.5. The van der Waals surface area contributed by atoms with Crippen LogP contribution in [-0.4, -0.2) is 39.3 Å². The fourth-order valence-corrected chi connectivity index (χ4v) is 3.78. The van der Waals surface area contributed by atoms with Crippen molar-refractivity contribution in [2.24, 2.45) is 0 Å². The van der Waals surface area contributed by atoms with E-state index < -0.39 is 22.0 Å². The number of benzene rings is 1. The lowest BCUT2D eigenvalue weighted by Gasteiger charge is -2.15. The van der Waals surface area contributed by atoms with Crippen LogP contribution < -0.4 is 4.72 Å². The molecule has 1 rings (SSSR count). The Kier molecular flexibility index (Phi) is 5.69. The van der Waals surface area contributed by atoms with Gasteiger partial charge in [-0.3, -0.25) is 0 Å². The van der Waals surface area contributed by atoms with Crippen molar-refractivity contribution < 1.29 is 23.1 Å². The molecule has 8 heteroatoms. The van der Waals surface area contributed by atoms with E-state index in [1.807, 2.05) is 0 Å². The van der Waals surface area contributed by atoms with Crippen LogP contribution in [0.3, 0.4) is 0 Å². The highest BCUT2D eigenvalue weighted by Crippen LogP contribution is 2.26. The lowest BCUT2D eigenvalue weighted by Crippen LogP contribution is -2.36. The minimum atomic E-state index is -3.81. The molecule has 112 valence electrons. The zero-order valence-corrected chi connectivity index (χ0v) is 13.7. The summed E-state index contributed by atoms with van der Waals surface area (Å²) in [7, 11) is -2.34. The fraction of sp³-hybridized carbons (Fsp3) is 0.417. The third-order valence-electron chi connectivity index (χ3n) is 2.61. The Labute approximate surface area is 126 Å². The second-order valence-corrected chi connectivity index (χ2v) is 6.90. The molecular formula is C12H16BrNO5S. The van der Waals surface area contributed by atoms with Gasteiger partial charge >= 0.3 is 5.97 Å². The van der Waals surface area contributed by atoms with Gasteiger partial charge in [0.1, 0.15) is 0 Å². The van der Waals surface area contributed by atoms with Gasteiger partial charge in [0, 0.05) is 17.6 Å². The summed E-state index contributed by atoms with van der Waals surface area (Å²) in [6.45, 7) is 3.48. The summed E-state index contributed by atoms with van der Waals surface area (Å²) in [4.78, 5) is 10.9. The quantitative estimate of drug-likeness (QED) is 0.801. The topological polar surface area (TPSA) is 92.7 Å². The highest BCUT2D eigenvalue weighted by Gasteiger charge is 2.22. The summed E-state index contributed by atoms with van der Waals surface area (Å²) in [5, 5.41) is 9.00. The summed E-state index contributed by atoms with van der Waals surface area (Å²) < 4.78 is 32.3. The van der Waals surface area contributed by atoms with Gasteiger partial charge in [-0.15, -0.1) is 0 Å². The first-order chi connectivity index (χ1) is 9.19. The Morgan fingerprint density at radius 2 is 2.10 bits per heavy atom. The largest absolute Gasteiger partial charge is 0.478 e. The van der Waals surface area contributed by atoms with Crippen LogP contribution in [0.4, 0.5) is 0 Å². The van der Waals surface area contributed by atoms with Crippen LogP contribution in [0.15, 0.2) is 21.5 Å². The smallest absolute Gasteiger partial charge is 0.335 e. The summed E-state index contributed by atoms with van der Waals surface area (Å²) in [5.41, 5.74) is 0.356. The number of rotatable bonds is 6. The average Bonchev–Trinajstić information content (AvgIpc) is 2.31. The van der Waals surface area contributed by atoms with Gasteiger partial charge in [0.15, 0.2) is 0 Å². The second kappa shape index (κ2) is 6.66. The molecule has 0 aliphatic heterocycles. The van der Waals surface area contributed by atoms with Gasteiger partial charge in [0.25, 0.3) is 0 Å². The van der Waals surface area contributed by atoms with E-state index in [1.165, 1.54) is 13.2 Å². The van der Waals surface area contributed by atoms with E-state index in [1.54, 1.807) is 13.8 Å². The number of carbonyl (C=O) groups is 1. The average molecular weight is 366 g/mol. The molecule has 1 atom stereocenters. The molecule has 1 unspecified atom stereocenters. The Bertz CT molecular complexity index is 615. The summed E-state index contributed by atoms with van der Waals surface area (Å²) >= 11 is 3.17. The summed E-state index contributed by atoms with van der Waals surface area (Å²) in [6, 6.07) is 2.09. The molecule has 0 amide bonds. The fourth-order valence-electron chi connectivity index (χ4n) is 1.67. The predicted octanol–water partition coefficient (Wildman–Crippen LogP) is 1.77. The lowest BCUT2D eigenvalue weighted by atomic mass is 10.1. The molecule has 0 saturated carbocycles. The Morgan fingerprint density at radius 1 is 1.50 bits per heavy atom.